The van der Waals surface area contributed by atoms with Gasteiger partial charge in [-0.05, 0) is 12.8 Å². The minimum absolute atomic E-state index is 0.00843. The molecule has 24 heavy (non-hydrogen) atoms. The number of hydrogen-bond donors (Lipinski definition) is 0. The molecule has 0 saturated carbocycles. The maximum absolute atomic E-state index is 12.8. The molecule has 0 aliphatic carbocycles. The van der Waals surface area contributed by atoms with Crippen LogP contribution in [0.5, 0.6) is 0 Å². The smallest absolute Gasteiger partial charge is 0.273 e. The zero-order valence-corrected chi connectivity index (χ0v) is 13.1. The molecule has 0 spiro atoms. The van der Waals surface area contributed by atoms with Crippen LogP contribution < -0.4 is 0 Å². The van der Waals surface area contributed by atoms with Crippen molar-refractivity contribution in [2.45, 2.75) is 38.1 Å². The maximum Gasteiger partial charge on any atom is 0.273 e. The summed E-state index contributed by atoms with van der Waals surface area (Å²) in [5.41, 5.74) is 0.389. The van der Waals surface area contributed by atoms with Crippen molar-refractivity contribution in [1.29, 1.82) is 0 Å². The molecule has 0 radical (unpaired) electrons. The van der Waals surface area contributed by atoms with Crippen LogP contribution in [0.4, 0.5) is 5.69 Å². The van der Waals surface area contributed by atoms with Gasteiger partial charge in [0.05, 0.1) is 17.4 Å². The summed E-state index contributed by atoms with van der Waals surface area (Å²) in [4.78, 5) is 29.3. The molecule has 2 aromatic rings. The van der Waals surface area contributed by atoms with Gasteiger partial charge in [-0.3, -0.25) is 14.9 Å². The second-order valence-corrected chi connectivity index (χ2v) is 5.80. The van der Waals surface area contributed by atoms with Crippen molar-refractivity contribution in [3.63, 3.8) is 0 Å². The fourth-order valence-corrected chi connectivity index (χ4v) is 3.10. The number of nitro groups is 1. The number of nitrogens with zero attached hydrogens (tertiary/aromatic N) is 4. The van der Waals surface area contributed by atoms with Crippen molar-refractivity contribution < 1.29 is 14.2 Å². The van der Waals surface area contributed by atoms with Gasteiger partial charge in [0.1, 0.15) is 0 Å². The quantitative estimate of drug-likeness (QED) is 0.631. The Kier molecular flexibility index (Phi) is 4.83. The number of benzene rings is 1. The second-order valence-electron chi connectivity index (χ2n) is 5.80. The van der Waals surface area contributed by atoms with E-state index in [1.165, 1.54) is 12.5 Å². The molecule has 0 bridgehead atoms. The first-order valence-electron chi connectivity index (χ1n) is 7.95. The van der Waals surface area contributed by atoms with Crippen LogP contribution in [0, 0.1) is 10.1 Å². The zero-order chi connectivity index (χ0) is 16.9. The Hall–Kier alpha value is -2.77. The van der Waals surface area contributed by atoms with Crippen LogP contribution in [0.3, 0.4) is 0 Å². The van der Waals surface area contributed by atoms with Gasteiger partial charge in [0.25, 0.3) is 5.69 Å². The highest BCUT2D eigenvalue weighted by atomic mass is 16.6. The third-order valence-corrected chi connectivity index (χ3v) is 4.28. The second kappa shape index (κ2) is 7.20. The summed E-state index contributed by atoms with van der Waals surface area (Å²) >= 11 is 0. The number of carbonyl (C=O) groups is 1. The van der Waals surface area contributed by atoms with Crippen LogP contribution in [0.2, 0.25) is 0 Å². The van der Waals surface area contributed by atoms with E-state index in [2.05, 4.69) is 10.1 Å². The minimum Gasteiger partial charge on any atom is -0.343 e. The Morgan fingerprint density at radius 3 is 2.92 bits per heavy atom. The van der Waals surface area contributed by atoms with Gasteiger partial charge in [0.15, 0.2) is 5.82 Å². The average molecular weight is 330 g/mol. The van der Waals surface area contributed by atoms with Crippen LogP contribution in [0.1, 0.15) is 43.1 Å². The van der Waals surface area contributed by atoms with Crippen LogP contribution >= 0.6 is 0 Å². The highest BCUT2D eigenvalue weighted by Crippen LogP contribution is 2.29. The molecule has 8 nitrogen and oxygen atoms in total. The highest BCUT2D eigenvalue weighted by Gasteiger charge is 2.30. The first-order chi connectivity index (χ1) is 11.7. The summed E-state index contributed by atoms with van der Waals surface area (Å²) in [5, 5.41) is 15.0. The van der Waals surface area contributed by atoms with E-state index in [-0.39, 0.29) is 24.1 Å². The summed E-state index contributed by atoms with van der Waals surface area (Å²) < 4.78 is 4.82. The Bertz CT molecular complexity index is 717. The summed E-state index contributed by atoms with van der Waals surface area (Å²) in [5.74, 6) is 0.341. The number of carbonyl (C=O) groups excluding carboxylic acids is 1. The molecule has 1 amide bonds. The largest absolute Gasteiger partial charge is 0.343 e. The van der Waals surface area contributed by atoms with Crippen LogP contribution in [-0.4, -0.2) is 32.4 Å². The number of hydrogen-bond acceptors (Lipinski definition) is 6. The Balaban J connectivity index is 1.83. The SMILES string of the molecule is O=C(Cc1ccccc1[N+](=O)[O-])N1CCCCCC1c1ncon1. The Morgan fingerprint density at radius 1 is 1.33 bits per heavy atom. The predicted molar refractivity (Wildman–Crippen MR) is 84.0 cm³/mol. The molecule has 1 saturated heterocycles. The minimum atomic E-state index is -0.457. The van der Waals surface area contributed by atoms with Gasteiger partial charge in [-0.15, -0.1) is 0 Å². The predicted octanol–water partition coefficient (Wildman–Crippen LogP) is 2.66. The Labute approximate surface area is 138 Å². The van der Waals surface area contributed by atoms with Crippen LogP contribution in [-0.2, 0) is 11.2 Å². The molecule has 3 rings (SSSR count). The van der Waals surface area contributed by atoms with Gasteiger partial charge in [0, 0.05) is 18.2 Å². The van der Waals surface area contributed by atoms with Crippen molar-refractivity contribution in [3.05, 3.63) is 52.2 Å². The number of nitro benzene ring substituents is 1. The van der Waals surface area contributed by atoms with Crippen molar-refractivity contribution >= 4 is 11.6 Å². The van der Waals surface area contributed by atoms with Gasteiger partial charge in [-0.2, -0.15) is 4.98 Å². The van der Waals surface area contributed by atoms with E-state index in [1.807, 2.05) is 0 Å². The molecular weight excluding hydrogens is 312 g/mol. The lowest BCUT2D eigenvalue weighted by Crippen LogP contribution is -2.36. The monoisotopic (exact) mass is 330 g/mol. The van der Waals surface area contributed by atoms with Gasteiger partial charge < -0.3 is 9.42 Å². The number of amides is 1. The molecule has 1 unspecified atom stereocenters. The molecule has 2 heterocycles. The lowest BCUT2D eigenvalue weighted by Gasteiger charge is -2.27. The molecule has 1 fully saturated rings. The van der Waals surface area contributed by atoms with Gasteiger partial charge >= 0.3 is 0 Å². The summed E-state index contributed by atoms with van der Waals surface area (Å²) in [6, 6.07) is 6.11. The molecule has 1 atom stereocenters. The molecule has 0 N–H and O–H groups in total. The number of para-hydroxylation sites is 1. The lowest BCUT2D eigenvalue weighted by molar-refractivity contribution is -0.385. The number of aromatic nitrogens is 2. The standard InChI is InChI=1S/C16H18N4O4/c21-15(10-12-6-3-4-7-13(12)20(22)23)19-9-5-1-2-8-14(19)16-17-11-24-18-16/h3-4,6-7,11,14H,1-2,5,8-10H2. The first kappa shape index (κ1) is 16.1. The maximum atomic E-state index is 12.8. The van der Waals surface area contributed by atoms with E-state index in [0.29, 0.717) is 17.9 Å². The van der Waals surface area contributed by atoms with Crippen LogP contribution in [0.25, 0.3) is 0 Å². The van der Waals surface area contributed by atoms with E-state index in [4.69, 9.17) is 4.52 Å². The lowest BCUT2D eigenvalue weighted by atomic mass is 10.1. The van der Waals surface area contributed by atoms with E-state index >= 15 is 0 Å². The third-order valence-electron chi connectivity index (χ3n) is 4.28. The fourth-order valence-electron chi connectivity index (χ4n) is 3.10. The first-order valence-corrected chi connectivity index (χ1v) is 7.95. The molecule has 1 aliphatic heterocycles. The van der Waals surface area contributed by atoms with Crippen molar-refractivity contribution in [2.24, 2.45) is 0 Å². The van der Waals surface area contributed by atoms with Crippen molar-refractivity contribution in [1.82, 2.24) is 15.0 Å². The van der Waals surface area contributed by atoms with Crippen molar-refractivity contribution in [3.8, 4) is 0 Å². The molecule has 8 heteroatoms. The molecule has 126 valence electrons. The number of likely N-dealkylation sites (tertiary alicyclic amines) is 1. The van der Waals surface area contributed by atoms with E-state index in [9.17, 15) is 14.9 Å². The summed E-state index contributed by atoms with van der Waals surface area (Å²) in [7, 11) is 0. The molecular formula is C16H18N4O4. The van der Waals surface area contributed by atoms with Crippen molar-refractivity contribution in [2.75, 3.05) is 6.54 Å². The topological polar surface area (TPSA) is 102 Å². The molecule has 1 aliphatic rings. The normalized spacial score (nSPS) is 18.2. The Morgan fingerprint density at radius 2 is 2.17 bits per heavy atom. The molecule has 1 aromatic heterocycles. The summed E-state index contributed by atoms with van der Waals surface area (Å²) in [6.45, 7) is 0.596. The van der Waals surface area contributed by atoms with Gasteiger partial charge in [0.2, 0.25) is 12.3 Å². The highest BCUT2D eigenvalue weighted by molar-refractivity contribution is 5.80. The molecule has 1 aromatic carbocycles. The third kappa shape index (κ3) is 3.42. The fraction of sp³-hybridized carbons (Fsp3) is 0.438. The van der Waals surface area contributed by atoms with E-state index < -0.39 is 4.92 Å². The van der Waals surface area contributed by atoms with Crippen LogP contribution in [0.15, 0.2) is 35.2 Å². The number of rotatable bonds is 4. The summed E-state index contributed by atoms with van der Waals surface area (Å²) in [6.07, 6.45) is 4.92. The van der Waals surface area contributed by atoms with Gasteiger partial charge in [-0.1, -0.05) is 36.2 Å². The van der Waals surface area contributed by atoms with Gasteiger partial charge in [-0.25, -0.2) is 0 Å². The van der Waals surface area contributed by atoms with E-state index in [0.717, 1.165) is 25.7 Å². The average Bonchev–Trinajstić information content (AvgIpc) is 2.99. The zero-order valence-electron chi connectivity index (χ0n) is 13.1. The van der Waals surface area contributed by atoms with E-state index in [1.54, 1.807) is 23.1 Å².